The zero-order chi connectivity index (χ0) is 24.1. The quantitative estimate of drug-likeness (QED) is 0.382. The van der Waals surface area contributed by atoms with Gasteiger partial charge in [-0.2, -0.15) is 0 Å². The lowest BCUT2D eigenvalue weighted by Gasteiger charge is -2.26. The minimum atomic E-state index is -0.684. The monoisotopic (exact) mass is 453 g/mol. The first-order chi connectivity index (χ1) is 15.7. The number of hydrogen-bond acceptors (Lipinski definition) is 7. The van der Waals surface area contributed by atoms with E-state index in [9.17, 15) is 14.4 Å². The second-order valence-electron chi connectivity index (χ2n) is 8.73. The number of aromatic nitrogens is 1. The van der Waals surface area contributed by atoms with E-state index >= 15 is 0 Å². The van der Waals surface area contributed by atoms with Crippen molar-refractivity contribution in [2.75, 3.05) is 7.11 Å². The summed E-state index contributed by atoms with van der Waals surface area (Å²) >= 11 is 0. The summed E-state index contributed by atoms with van der Waals surface area (Å²) in [5.41, 5.74) is 2.30. The van der Waals surface area contributed by atoms with Gasteiger partial charge < -0.3 is 14.2 Å². The van der Waals surface area contributed by atoms with Crippen molar-refractivity contribution in [1.29, 1.82) is 0 Å². The van der Waals surface area contributed by atoms with Gasteiger partial charge in [-0.3, -0.25) is 14.4 Å². The molecule has 7 nitrogen and oxygen atoms in total. The van der Waals surface area contributed by atoms with Gasteiger partial charge in [0.2, 0.25) is 5.75 Å². The van der Waals surface area contributed by atoms with Gasteiger partial charge in [0.1, 0.15) is 6.10 Å². The summed E-state index contributed by atoms with van der Waals surface area (Å²) < 4.78 is 16.2. The standard InChI is InChI=1S/C26H31NO6/c1-15-6-8-19(9-7-15)23(20-10-11-20)17(3)32-26(30)16(2)14-21(29)24-25(33-18(4)28)22(31-5)12-13-27-24/h6-9,12-13,16-17,20,23H,10-11,14H2,1-5H3/t16-,17+,23-/m1/s1. The molecule has 1 aromatic heterocycles. The highest BCUT2D eigenvalue weighted by Gasteiger charge is 2.38. The van der Waals surface area contributed by atoms with E-state index in [1.807, 2.05) is 13.8 Å². The number of hydrogen-bond donors (Lipinski definition) is 0. The number of ketones is 1. The number of benzene rings is 1. The van der Waals surface area contributed by atoms with E-state index in [4.69, 9.17) is 14.2 Å². The summed E-state index contributed by atoms with van der Waals surface area (Å²) in [6, 6.07) is 9.84. The third-order valence-corrected chi connectivity index (χ3v) is 5.89. The van der Waals surface area contributed by atoms with Crippen LogP contribution in [0.3, 0.4) is 0 Å². The van der Waals surface area contributed by atoms with Crippen LogP contribution < -0.4 is 9.47 Å². The van der Waals surface area contributed by atoms with Crippen molar-refractivity contribution in [3.63, 3.8) is 0 Å². The summed E-state index contributed by atoms with van der Waals surface area (Å²) in [7, 11) is 1.41. The zero-order valence-corrected chi connectivity index (χ0v) is 19.8. The highest BCUT2D eigenvalue weighted by molar-refractivity contribution is 5.99. The third-order valence-electron chi connectivity index (χ3n) is 5.89. The molecule has 0 bridgehead atoms. The van der Waals surface area contributed by atoms with Gasteiger partial charge in [-0.25, -0.2) is 4.98 Å². The molecule has 1 heterocycles. The van der Waals surface area contributed by atoms with Crippen LogP contribution in [-0.2, 0) is 14.3 Å². The number of nitrogens with zero attached hydrogens (tertiary/aromatic N) is 1. The molecular weight excluding hydrogens is 422 g/mol. The molecule has 0 saturated heterocycles. The molecule has 1 fully saturated rings. The van der Waals surface area contributed by atoms with Gasteiger partial charge in [-0.15, -0.1) is 0 Å². The van der Waals surface area contributed by atoms with Gasteiger partial charge in [0.15, 0.2) is 17.2 Å². The number of ether oxygens (including phenoxy) is 3. The van der Waals surface area contributed by atoms with E-state index in [0.717, 1.165) is 12.8 Å². The highest BCUT2D eigenvalue weighted by Crippen LogP contribution is 2.45. The second kappa shape index (κ2) is 10.6. The average Bonchev–Trinajstić information content (AvgIpc) is 3.60. The molecule has 0 spiro atoms. The molecule has 1 aromatic carbocycles. The molecule has 1 aliphatic carbocycles. The van der Waals surface area contributed by atoms with Crippen molar-refractivity contribution in [3.05, 3.63) is 53.3 Å². The molecule has 0 radical (unpaired) electrons. The predicted molar refractivity (Wildman–Crippen MR) is 122 cm³/mol. The van der Waals surface area contributed by atoms with E-state index in [0.29, 0.717) is 5.92 Å². The van der Waals surface area contributed by atoms with Gasteiger partial charge in [0, 0.05) is 31.5 Å². The minimum absolute atomic E-state index is 0.0420. The first-order valence-electron chi connectivity index (χ1n) is 11.2. The van der Waals surface area contributed by atoms with Crippen molar-refractivity contribution in [3.8, 4) is 11.5 Å². The van der Waals surface area contributed by atoms with Crippen molar-refractivity contribution in [2.45, 2.75) is 59.0 Å². The molecule has 33 heavy (non-hydrogen) atoms. The fourth-order valence-corrected chi connectivity index (χ4v) is 4.03. The Morgan fingerprint density at radius 1 is 1.09 bits per heavy atom. The molecular formula is C26H31NO6. The lowest BCUT2D eigenvalue weighted by atomic mass is 9.89. The lowest BCUT2D eigenvalue weighted by molar-refractivity contribution is -0.154. The number of aryl methyl sites for hydroxylation is 1. The first kappa shape index (κ1) is 24.4. The summed E-state index contributed by atoms with van der Waals surface area (Å²) in [5.74, 6) is -1.34. The van der Waals surface area contributed by atoms with Gasteiger partial charge >= 0.3 is 11.9 Å². The van der Waals surface area contributed by atoms with Crippen LogP contribution in [0.5, 0.6) is 11.5 Å². The smallest absolute Gasteiger partial charge is 0.309 e. The molecule has 3 atom stereocenters. The van der Waals surface area contributed by atoms with Crippen molar-refractivity contribution in [2.24, 2.45) is 11.8 Å². The molecule has 0 N–H and O–H groups in total. The molecule has 2 aromatic rings. The molecule has 3 rings (SSSR count). The van der Waals surface area contributed by atoms with E-state index in [1.165, 1.54) is 37.4 Å². The van der Waals surface area contributed by atoms with Crippen LogP contribution in [0, 0.1) is 18.8 Å². The van der Waals surface area contributed by atoms with E-state index in [2.05, 4.69) is 29.2 Å². The Morgan fingerprint density at radius 2 is 1.76 bits per heavy atom. The maximum Gasteiger partial charge on any atom is 0.309 e. The van der Waals surface area contributed by atoms with Crippen LogP contribution in [0.25, 0.3) is 0 Å². The van der Waals surface area contributed by atoms with Crippen molar-refractivity contribution >= 4 is 17.7 Å². The van der Waals surface area contributed by atoms with Crippen LogP contribution in [0.15, 0.2) is 36.5 Å². The van der Waals surface area contributed by atoms with E-state index < -0.39 is 23.6 Å². The Labute approximate surface area is 194 Å². The largest absolute Gasteiger partial charge is 0.493 e. The number of Topliss-reactive ketones (excluding diaryl/α,β-unsaturated/α-hetero) is 1. The number of pyridine rings is 1. The Kier molecular flexibility index (Phi) is 7.84. The van der Waals surface area contributed by atoms with E-state index in [-0.39, 0.29) is 35.6 Å². The van der Waals surface area contributed by atoms with Crippen molar-refractivity contribution in [1.82, 2.24) is 4.98 Å². The van der Waals surface area contributed by atoms with Gasteiger partial charge in [-0.1, -0.05) is 36.8 Å². The molecule has 176 valence electrons. The number of carbonyl (C=O) groups is 3. The first-order valence-corrected chi connectivity index (χ1v) is 11.2. The Hall–Kier alpha value is -3.22. The normalized spacial score (nSPS) is 15.8. The fourth-order valence-electron chi connectivity index (χ4n) is 4.03. The zero-order valence-electron chi connectivity index (χ0n) is 19.8. The number of rotatable bonds is 10. The number of carbonyl (C=O) groups excluding carboxylic acids is 3. The van der Waals surface area contributed by atoms with Gasteiger partial charge in [0.25, 0.3) is 0 Å². The molecule has 0 unspecified atom stereocenters. The second-order valence-corrected chi connectivity index (χ2v) is 8.73. The summed E-state index contributed by atoms with van der Waals surface area (Å²) in [4.78, 5) is 41.3. The molecule has 0 aliphatic heterocycles. The average molecular weight is 454 g/mol. The third kappa shape index (κ3) is 6.18. The van der Waals surface area contributed by atoms with Crippen LogP contribution in [0.2, 0.25) is 0 Å². The Bertz CT molecular complexity index is 1010. The summed E-state index contributed by atoms with van der Waals surface area (Å²) in [6.45, 7) is 6.84. The Morgan fingerprint density at radius 3 is 2.33 bits per heavy atom. The van der Waals surface area contributed by atoms with Crippen LogP contribution >= 0.6 is 0 Å². The number of methoxy groups -OCH3 is 1. The van der Waals surface area contributed by atoms with Crippen LogP contribution in [-0.4, -0.2) is 35.9 Å². The predicted octanol–water partition coefficient (Wildman–Crippen LogP) is 4.66. The topological polar surface area (TPSA) is 91.8 Å². The van der Waals surface area contributed by atoms with Gasteiger partial charge in [0.05, 0.1) is 13.0 Å². The SMILES string of the molecule is COc1ccnc(C(=O)C[C@@H](C)C(=O)O[C@@H](C)[C@H](c2ccc(C)cc2)C2CC2)c1OC(C)=O. The molecule has 0 amide bonds. The van der Waals surface area contributed by atoms with Crippen LogP contribution in [0.1, 0.15) is 67.6 Å². The summed E-state index contributed by atoms with van der Waals surface area (Å²) in [6.07, 6.45) is 3.20. The summed E-state index contributed by atoms with van der Waals surface area (Å²) in [5, 5.41) is 0. The van der Waals surface area contributed by atoms with Crippen molar-refractivity contribution < 1.29 is 28.6 Å². The number of esters is 2. The maximum atomic E-state index is 12.9. The minimum Gasteiger partial charge on any atom is -0.493 e. The van der Waals surface area contributed by atoms with Crippen LogP contribution in [0.4, 0.5) is 0 Å². The van der Waals surface area contributed by atoms with Gasteiger partial charge in [-0.05, 0) is 38.2 Å². The highest BCUT2D eigenvalue weighted by atomic mass is 16.6. The molecule has 7 heteroatoms. The van der Waals surface area contributed by atoms with E-state index in [1.54, 1.807) is 6.92 Å². The molecule has 1 saturated carbocycles. The molecule has 1 aliphatic rings. The lowest BCUT2D eigenvalue weighted by Crippen LogP contribution is -2.28. The Balaban J connectivity index is 1.68. The fraction of sp³-hybridized carbons (Fsp3) is 0.462. The maximum absolute atomic E-state index is 12.9.